The molecule has 0 aliphatic carbocycles. The Morgan fingerprint density at radius 2 is 1.61 bits per heavy atom. The summed E-state index contributed by atoms with van der Waals surface area (Å²) in [5.74, 6) is 0.577. The maximum absolute atomic E-state index is 10.1. The van der Waals surface area contributed by atoms with Gasteiger partial charge in [-0.2, -0.15) is 0 Å². The Labute approximate surface area is 113 Å². The Balaban J connectivity index is 4.88. The lowest BCUT2D eigenvalue weighted by Crippen LogP contribution is -2.53. The summed E-state index contributed by atoms with van der Waals surface area (Å²) in [7, 11) is -3.60. The lowest BCUT2D eigenvalue weighted by atomic mass is 9.78. The van der Waals surface area contributed by atoms with Crippen molar-refractivity contribution in [2.45, 2.75) is 65.5 Å². The van der Waals surface area contributed by atoms with Crippen LogP contribution >= 0.6 is 0 Å². The van der Waals surface area contributed by atoms with Crippen LogP contribution in [0.4, 0.5) is 0 Å². The fourth-order valence-electron chi connectivity index (χ4n) is 2.23. The van der Waals surface area contributed by atoms with E-state index in [-0.39, 0.29) is 17.9 Å². The first-order valence-corrected chi connectivity index (χ1v) is 9.09. The number of nitrogens with two attached hydrogens (primary N) is 1. The molecule has 0 rings (SSSR count). The monoisotopic (exact) mass is 277 g/mol. The topological polar surface area (TPSA) is 75.7 Å². The Bertz CT molecular complexity index is 226. The van der Waals surface area contributed by atoms with E-state index in [1.165, 1.54) is 0 Å². The number of rotatable bonds is 9. The predicted molar refractivity (Wildman–Crippen MR) is 77.1 cm³/mol. The van der Waals surface area contributed by atoms with Gasteiger partial charge in [0.15, 0.2) is 0 Å². The van der Waals surface area contributed by atoms with Gasteiger partial charge in [-0.25, -0.2) is 0 Å². The highest BCUT2D eigenvalue weighted by molar-refractivity contribution is 6.57. The summed E-state index contributed by atoms with van der Waals surface area (Å²) in [6, 6.07) is 0.284. The van der Waals surface area contributed by atoms with Crippen LogP contribution in [0.1, 0.15) is 53.9 Å². The maximum Gasteiger partial charge on any atom is 0.495 e. The van der Waals surface area contributed by atoms with E-state index in [1.54, 1.807) is 0 Å². The molecule has 0 aromatic carbocycles. The highest BCUT2D eigenvalue weighted by Gasteiger charge is 2.45. The lowest BCUT2D eigenvalue weighted by molar-refractivity contribution is -0.0656. The maximum atomic E-state index is 10.1. The summed E-state index contributed by atoms with van der Waals surface area (Å²) in [5.41, 5.74) is 4.94. The third kappa shape index (κ3) is 4.97. The Morgan fingerprint density at radius 3 is 1.94 bits per heavy atom. The standard InChI is InChI=1S/C13H31NO3Si/c1-6-11(3)13(5,12(4)7-2)17-18(15,16)10-8-9-14/h11-12,15-16H,6-10,14H2,1-5H3. The van der Waals surface area contributed by atoms with Gasteiger partial charge in [-0.1, -0.05) is 40.5 Å². The quantitative estimate of drug-likeness (QED) is 0.564. The van der Waals surface area contributed by atoms with Gasteiger partial charge in [0.1, 0.15) is 0 Å². The predicted octanol–water partition coefficient (Wildman–Crippen LogP) is 2.13. The highest BCUT2D eigenvalue weighted by atomic mass is 28.4. The molecule has 0 amide bonds. The Morgan fingerprint density at radius 1 is 1.17 bits per heavy atom. The summed E-state index contributed by atoms with van der Waals surface area (Å²) in [4.78, 5) is 20.2. The molecule has 4 N–H and O–H groups in total. The van der Waals surface area contributed by atoms with Crippen LogP contribution in [0, 0.1) is 11.8 Å². The summed E-state index contributed by atoms with van der Waals surface area (Å²) in [6.45, 7) is 10.9. The van der Waals surface area contributed by atoms with Crippen molar-refractivity contribution in [3.05, 3.63) is 0 Å². The van der Waals surface area contributed by atoms with Crippen molar-refractivity contribution in [2.24, 2.45) is 17.6 Å². The average molecular weight is 277 g/mol. The van der Waals surface area contributed by atoms with Crippen molar-refractivity contribution in [1.29, 1.82) is 0 Å². The number of hydrogen-bond acceptors (Lipinski definition) is 4. The summed E-state index contributed by atoms with van der Waals surface area (Å²) in [6.07, 6.45) is 2.51. The normalized spacial score (nSPS) is 19.3. The first kappa shape index (κ1) is 18.1. The molecule has 2 atom stereocenters. The van der Waals surface area contributed by atoms with E-state index in [2.05, 4.69) is 27.7 Å². The number of hydrogen-bond donors (Lipinski definition) is 3. The molecule has 0 heterocycles. The van der Waals surface area contributed by atoms with Crippen molar-refractivity contribution in [3.8, 4) is 0 Å². The van der Waals surface area contributed by atoms with E-state index in [0.717, 1.165) is 12.8 Å². The van der Waals surface area contributed by atoms with Gasteiger partial charge in [0.05, 0.1) is 5.60 Å². The van der Waals surface area contributed by atoms with E-state index in [9.17, 15) is 9.59 Å². The molecule has 5 heteroatoms. The summed E-state index contributed by atoms with van der Waals surface area (Å²) in [5, 5.41) is 0. The van der Waals surface area contributed by atoms with Gasteiger partial charge in [-0.3, -0.25) is 0 Å². The smallest absolute Gasteiger partial charge is 0.390 e. The average Bonchev–Trinajstić information content (AvgIpc) is 2.33. The summed E-state index contributed by atoms with van der Waals surface area (Å²) < 4.78 is 5.83. The molecule has 2 unspecified atom stereocenters. The van der Waals surface area contributed by atoms with Gasteiger partial charge in [0.2, 0.25) is 0 Å². The molecule has 0 fully saturated rings. The van der Waals surface area contributed by atoms with Crippen LogP contribution in [-0.2, 0) is 4.43 Å². The molecule has 110 valence electrons. The zero-order chi connectivity index (χ0) is 14.4. The fraction of sp³-hybridized carbons (Fsp3) is 1.00. The fourth-order valence-corrected chi connectivity index (χ4v) is 4.11. The van der Waals surface area contributed by atoms with Gasteiger partial charge in [-0.15, -0.1) is 0 Å². The van der Waals surface area contributed by atoms with E-state index in [4.69, 9.17) is 10.2 Å². The minimum absolute atomic E-state index is 0.284. The van der Waals surface area contributed by atoms with E-state index in [0.29, 0.717) is 13.0 Å². The molecule has 4 nitrogen and oxygen atoms in total. The molecule has 0 aliphatic heterocycles. The van der Waals surface area contributed by atoms with Crippen molar-refractivity contribution in [2.75, 3.05) is 6.54 Å². The van der Waals surface area contributed by atoms with Gasteiger partial charge < -0.3 is 19.8 Å². The summed E-state index contributed by atoms with van der Waals surface area (Å²) >= 11 is 0. The Hall–Kier alpha value is 0.0569. The van der Waals surface area contributed by atoms with Crippen LogP contribution in [0.25, 0.3) is 0 Å². The van der Waals surface area contributed by atoms with Gasteiger partial charge in [0, 0.05) is 6.04 Å². The van der Waals surface area contributed by atoms with Crippen molar-refractivity contribution < 1.29 is 14.0 Å². The second kappa shape index (κ2) is 7.60. The zero-order valence-electron chi connectivity index (χ0n) is 12.6. The van der Waals surface area contributed by atoms with E-state index < -0.39 is 14.4 Å². The molecule has 0 saturated heterocycles. The molecule has 0 bridgehead atoms. The van der Waals surface area contributed by atoms with Gasteiger partial charge >= 0.3 is 8.80 Å². The van der Waals surface area contributed by atoms with E-state index >= 15 is 0 Å². The molecular weight excluding hydrogens is 246 g/mol. The molecular formula is C13H31NO3Si. The lowest BCUT2D eigenvalue weighted by Gasteiger charge is -2.43. The minimum atomic E-state index is -3.60. The van der Waals surface area contributed by atoms with Crippen LogP contribution < -0.4 is 5.73 Å². The van der Waals surface area contributed by atoms with Gasteiger partial charge in [0.25, 0.3) is 0 Å². The third-order valence-corrected chi connectivity index (χ3v) is 6.04. The van der Waals surface area contributed by atoms with Crippen LogP contribution in [0.15, 0.2) is 0 Å². The van der Waals surface area contributed by atoms with Crippen molar-refractivity contribution in [1.82, 2.24) is 0 Å². The molecule has 18 heavy (non-hydrogen) atoms. The Kier molecular flexibility index (Phi) is 7.62. The first-order chi connectivity index (χ1) is 8.23. The molecule has 0 aromatic rings. The third-order valence-electron chi connectivity index (χ3n) is 4.27. The van der Waals surface area contributed by atoms with Crippen LogP contribution in [0.2, 0.25) is 6.04 Å². The molecule has 0 radical (unpaired) electrons. The highest BCUT2D eigenvalue weighted by Crippen LogP contribution is 2.36. The zero-order valence-corrected chi connectivity index (χ0v) is 13.6. The second-order valence-electron chi connectivity index (χ2n) is 5.54. The molecule has 0 saturated carbocycles. The van der Waals surface area contributed by atoms with Crippen LogP contribution in [-0.4, -0.2) is 30.5 Å². The van der Waals surface area contributed by atoms with Crippen LogP contribution in [0.5, 0.6) is 0 Å². The first-order valence-electron chi connectivity index (χ1n) is 7.08. The van der Waals surface area contributed by atoms with Crippen LogP contribution in [0.3, 0.4) is 0 Å². The largest absolute Gasteiger partial charge is 0.495 e. The molecule has 0 aromatic heterocycles. The van der Waals surface area contributed by atoms with E-state index in [1.807, 2.05) is 6.92 Å². The van der Waals surface area contributed by atoms with Gasteiger partial charge in [-0.05, 0) is 31.7 Å². The molecule has 0 spiro atoms. The molecule has 0 aliphatic rings. The van der Waals surface area contributed by atoms with Crippen molar-refractivity contribution in [3.63, 3.8) is 0 Å². The SMILES string of the molecule is CCC(C)C(C)(O[Si](O)(O)CCCN)C(C)CC. The minimum Gasteiger partial charge on any atom is -0.390 e. The second-order valence-corrected chi connectivity index (χ2v) is 7.73. The van der Waals surface area contributed by atoms with Crippen molar-refractivity contribution >= 4 is 8.80 Å².